The van der Waals surface area contributed by atoms with Gasteiger partial charge in [-0.15, -0.1) is 0 Å². The monoisotopic (exact) mass is 365 g/mol. The van der Waals surface area contributed by atoms with Crippen LogP contribution in [0.25, 0.3) is 0 Å². The second-order valence-corrected chi connectivity index (χ2v) is 7.15. The lowest BCUT2D eigenvalue weighted by Crippen LogP contribution is -2.48. The summed E-state index contributed by atoms with van der Waals surface area (Å²) in [5.74, 6) is -0.307. The molecule has 1 aromatic heterocycles. The minimum Gasteiger partial charge on any atom is -0.317 e. The Balaban J connectivity index is 1.77. The molecule has 140 valence electrons. The SMILES string of the molecule is O=C(Nc1cc2c(n(N3CCCCC3)c1=O)CCCC2=O)c1ccccc1. The van der Waals surface area contributed by atoms with Crippen LogP contribution in [0.2, 0.25) is 0 Å². The molecule has 4 rings (SSSR count). The van der Waals surface area contributed by atoms with Crippen LogP contribution in [0.15, 0.2) is 41.2 Å². The third-order valence-corrected chi connectivity index (χ3v) is 5.30. The van der Waals surface area contributed by atoms with Crippen molar-refractivity contribution in [3.05, 3.63) is 63.6 Å². The van der Waals surface area contributed by atoms with Gasteiger partial charge in [0.25, 0.3) is 11.5 Å². The molecule has 0 radical (unpaired) electrons. The van der Waals surface area contributed by atoms with E-state index in [-0.39, 0.29) is 22.9 Å². The molecule has 2 aliphatic rings. The van der Waals surface area contributed by atoms with Crippen molar-refractivity contribution in [2.75, 3.05) is 23.4 Å². The van der Waals surface area contributed by atoms with Crippen molar-refractivity contribution in [2.45, 2.75) is 38.5 Å². The number of carbonyl (C=O) groups is 2. The largest absolute Gasteiger partial charge is 0.317 e. The molecule has 0 bridgehead atoms. The Labute approximate surface area is 157 Å². The molecule has 0 spiro atoms. The van der Waals surface area contributed by atoms with Crippen LogP contribution in [0, 0.1) is 0 Å². The number of hydrogen-bond donors (Lipinski definition) is 1. The van der Waals surface area contributed by atoms with Gasteiger partial charge in [-0.3, -0.25) is 14.4 Å². The molecule has 1 aromatic carbocycles. The Hall–Kier alpha value is -2.89. The number of hydrogen-bond acceptors (Lipinski definition) is 4. The Morgan fingerprint density at radius 2 is 1.67 bits per heavy atom. The maximum absolute atomic E-state index is 13.2. The summed E-state index contributed by atoms with van der Waals surface area (Å²) in [6, 6.07) is 10.3. The summed E-state index contributed by atoms with van der Waals surface area (Å²) in [5.41, 5.74) is 1.74. The number of fused-ring (bicyclic) bond motifs is 1. The number of rotatable bonds is 3. The number of carbonyl (C=O) groups excluding carboxylic acids is 2. The van der Waals surface area contributed by atoms with E-state index < -0.39 is 0 Å². The Kier molecular flexibility index (Phi) is 4.79. The second-order valence-electron chi connectivity index (χ2n) is 7.15. The van der Waals surface area contributed by atoms with Crippen LogP contribution in [0.1, 0.15) is 58.5 Å². The van der Waals surface area contributed by atoms with E-state index in [2.05, 4.69) is 5.32 Å². The highest BCUT2D eigenvalue weighted by molar-refractivity contribution is 6.05. The third kappa shape index (κ3) is 3.39. The van der Waals surface area contributed by atoms with Gasteiger partial charge in [0, 0.05) is 30.6 Å². The molecule has 0 atom stereocenters. The number of anilines is 1. The zero-order valence-corrected chi connectivity index (χ0v) is 15.2. The van der Waals surface area contributed by atoms with E-state index in [1.165, 1.54) is 0 Å². The second kappa shape index (κ2) is 7.39. The molecule has 27 heavy (non-hydrogen) atoms. The lowest BCUT2D eigenvalue weighted by atomic mass is 9.94. The average molecular weight is 365 g/mol. The van der Waals surface area contributed by atoms with Crippen LogP contribution in [-0.2, 0) is 6.42 Å². The first-order chi connectivity index (χ1) is 13.1. The summed E-state index contributed by atoms with van der Waals surface area (Å²) >= 11 is 0. The van der Waals surface area contributed by atoms with E-state index in [0.717, 1.165) is 44.5 Å². The van der Waals surface area contributed by atoms with Crippen LogP contribution in [0.3, 0.4) is 0 Å². The first kappa shape index (κ1) is 17.5. The molecule has 2 aromatic rings. The van der Waals surface area contributed by atoms with Crippen molar-refractivity contribution in [3.63, 3.8) is 0 Å². The molecule has 0 unspecified atom stereocenters. The molecule has 1 fully saturated rings. The predicted octanol–water partition coefficient (Wildman–Crippen LogP) is 2.74. The molecule has 1 N–H and O–H groups in total. The minimum atomic E-state index is -0.346. The highest BCUT2D eigenvalue weighted by atomic mass is 16.2. The van der Waals surface area contributed by atoms with Crippen molar-refractivity contribution in [1.82, 2.24) is 4.68 Å². The van der Waals surface area contributed by atoms with Crippen molar-refractivity contribution in [3.8, 4) is 0 Å². The van der Waals surface area contributed by atoms with Crippen molar-refractivity contribution in [1.29, 1.82) is 0 Å². The fraction of sp³-hybridized carbons (Fsp3) is 0.381. The van der Waals surface area contributed by atoms with Crippen molar-refractivity contribution in [2.24, 2.45) is 0 Å². The number of nitrogens with one attached hydrogen (secondary N) is 1. The van der Waals surface area contributed by atoms with Crippen LogP contribution in [0.5, 0.6) is 0 Å². The smallest absolute Gasteiger partial charge is 0.293 e. The minimum absolute atomic E-state index is 0.0391. The van der Waals surface area contributed by atoms with Gasteiger partial charge >= 0.3 is 0 Å². The van der Waals surface area contributed by atoms with E-state index in [1.807, 2.05) is 11.1 Å². The van der Waals surface area contributed by atoms with Gasteiger partial charge in [-0.25, -0.2) is 4.68 Å². The molecule has 0 saturated carbocycles. The first-order valence-corrected chi connectivity index (χ1v) is 9.59. The fourth-order valence-corrected chi connectivity index (χ4v) is 3.92. The van der Waals surface area contributed by atoms with Crippen LogP contribution >= 0.6 is 0 Å². The lowest BCUT2D eigenvalue weighted by Gasteiger charge is -2.34. The molecule has 6 nitrogen and oxygen atoms in total. The maximum Gasteiger partial charge on any atom is 0.293 e. The molecule has 1 aliphatic heterocycles. The van der Waals surface area contributed by atoms with Gasteiger partial charge in [0.15, 0.2) is 5.78 Å². The van der Waals surface area contributed by atoms with Gasteiger partial charge in [-0.05, 0) is 50.3 Å². The highest BCUT2D eigenvalue weighted by Crippen LogP contribution is 2.24. The molecule has 1 aliphatic carbocycles. The molecule has 2 heterocycles. The average Bonchev–Trinajstić information content (AvgIpc) is 2.70. The molecular formula is C21H23N3O3. The van der Waals surface area contributed by atoms with Crippen molar-refractivity contribution >= 4 is 17.4 Å². The Bertz CT molecular complexity index is 928. The Morgan fingerprint density at radius 3 is 2.41 bits per heavy atom. The highest BCUT2D eigenvalue weighted by Gasteiger charge is 2.27. The number of amides is 1. The normalized spacial score (nSPS) is 16.7. The van der Waals surface area contributed by atoms with Gasteiger partial charge in [-0.1, -0.05) is 18.2 Å². The zero-order valence-electron chi connectivity index (χ0n) is 15.2. The quantitative estimate of drug-likeness (QED) is 0.908. The summed E-state index contributed by atoms with van der Waals surface area (Å²) in [5, 5.41) is 4.75. The van der Waals surface area contributed by atoms with E-state index in [0.29, 0.717) is 24.0 Å². The Morgan fingerprint density at radius 1 is 0.926 bits per heavy atom. The molecule has 6 heteroatoms. The summed E-state index contributed by atoms with van der Waals surface area (Å²) in [4.78, 5) is 38.2. The fourth-order valence-electron chi connectivity index (χ4n) is 3.92. The van der Waals surface area contributed by atoms with Crippen LogP contribution in [0.4, 0.5) is 5.69 Å². The third-order valence-electron chi connectivity index (χ3n) is 5.30. The lowest BCUT2D eigenvalue weighted by molar-refractivity contribution is 0.0968. The van der Waals surface area contributed by atoms with E-state index in [1.54, 1.807) is 35.0 Å². The van der Waals surface area contributed by atoms with Gasteiger partial charge in [0.05, 0.1) is 5.69 Å². The van der Waals surface area contributed by atoms with Crippen LogP contribution < -0.4 is 15.9 Å². The zero-order chi connectivity index (χ0) is 18.8. The number of Topliss-reactive ketones (excluding diaryl/α,β-unsaturated/α-hetero) is 1. The summed E-state index contributed by atoms with van der Waals surface area (Å²) in [6.07, 6.45) is 5.15. The number of aromatic nitrogens is 1. The summed E-state index contributed by atoms with van der Waals surface area (Å²) in [7, 11) is 0. The van der Waals surface area contributed by atoms with E-state index in [9.17, 15) is 14.4 Å². The number of ketones is 1. The molecule has 1 saturated heterocycles. The number of pyridine rings is 1. The van der Waals surface area contributed by atoms with E-state index in [4.69, 9.17) is 0 Å². The van der Waals surface area contributed by atoms with Gasteiger partial charge in [0.2, 0.25) is 0 Å². The number of nitrogens with zero attached hydrogens (tertiary/aromatic N) is 2. The number of piperidine rings is 1. The standard InChI is InChI=1S/C21H23N3O3/c25-19-11-7-10-18-16(19)14-17(22-20(26)15-8-3-1-4-9-15)21(27)24(18)23-12-5-2-6-13-23/h1,3-4,8-9,14H,2,5-7,10-13H2,(H,22,26). The molecule has 1 amide bonds. The van der Waals surface area contributed by atoms with Gasteiger partial charge < -0.3 is 10.3 Å². The van der Waals surface area contributed by atoms with E-state index >= 15 is 0 Å². The van der Waals surface area contributed by atoms with Gasteiger partial charge in [-0.2, -0.15) is 0 Å². The van der Waals surface area contributed by atoms with Crippen molar-refractivity contribution < 1.29 is 9.59 Å². The van der Waals surface area contributed by atoms with Crippen LogP contribution in [-0.4, -0.2) is 29.5 Å². The summed E-state index contributed by atoms with van der Waals surface area (Å²) < 4.78 is 1.66. The molecular weight excluding hydrogens is 342 g/mol. The first-order valence-electron chi connectivity index (χ1n) is 9.59. The number of benzene rings is 1. The van der Waals surface area contributed by atoms with Gasteiger partial charge in [0.1, 0.15) is 5.69 Å². The summed E-state index contributed by atoms with van der Waals surface area (Å²) in [6.45, 7) is 1.58. The maximum atomic E-state index is 13.2. The predicted molar refractivity (Wildman–Crippen MR) is 104 cm³/mol. The topological polar surface area (TPSA) is 71.4 Å².